The van der Waals surface area contributed by atoms with E-state index in [2.05, 4.69) is 10.0 Å². The van der Waals surface area contributed by atoms with E-state index < -0.39 is 15.6 Å². The van der Waals surface area contributed by atoms with Crippen LogP contribution in [0.2, 0.25) is 5.02 Å². The second-order valence-corrected chi connectivity index (χ2v) is 7.85. The molecule has 24 heavy (non-hydrogen) atoms. The molecule has 1 fully saturated rings. The van der Waals surface area contributed by atoms with E-state index in [1.807, 2.05) is 0 Å². The summed E-state index contributed by atoms with van der Waals surface area (Å²) < 4.78 is 43.5. The SMILES string of the molecule is COCC1(CNS(=O)(=O)c2cc(OC)c(OC)cc2Cl)CCCN1. The Labute approximate surface area is 147 Å². The van der Waals surface area contributed by atoms with E-state index >= 15 is 0 Å². The van der Waals surface area contributed by atoms with Crippen LogP contribution >= 0.6 is 11.6 Å². The number of ether oxygens (including phenoxy) is 3. The quantitative estimate of drug-likeness (QED) is 0.711. The number of halogens is 1. The Bertz CT molecular complexity index is 675. The molecule has 0 amide bonds. The number of benzene rings is 1. The lowest BCUT2D eigenvalue weighted by molar-refractivity contribution is 0.122. The van der Waals surface area contributed by atoms with Crippen molar-refractivity contribution in [3.8, 4) is 11.5 Å². The zero-order valence-electron chi connectivity index (χ0n) is 14.0. The topological polar surface area (TPSA) is 85.9 Å². The van der Waals surface area contributed by atoms with Gasteiger partial charge in [-0.25, -0.2) is 13.1 Å². The maximum Gasteiger partial charge on any atom is 0.242 e. The van der Waals surface area contributed by atoms with Gasteiger partial charge in [0.15, 0.2) is 11.5 Å². The fourth-order valence-electron chi connectivity index (χ4n) is 2.82. The summed E-state index contributed by atoms with van der Waals surface area (Å²) in [4.78, 5) is -0.0487. The van der Waals surface area contributed by atoms with Crippen LogP contribution in [0, 0.1) is 0 Å². The van der Waals surface area contributed by atoms with Crippen molar-refractivity contribution in [1.82, 2.24) is 10.0 Å². The molecule has 0 spiro atoms. The van der Waals surface area contributed by atoms with Gasteiger partial charge < -0.3 is 19.5 Å². The third kappa shape index (κ3) is 4.12. The Kier molecular flexibility index (Phi) is 6.33. The maximum absolute atomic E-state index is 12.7. The van der Waals surface area contributed by atoms with Crippen molar-refractivity contribution in [1.29, 1.82) is 0 Å². The highest BCUT2D eigenvalue weighted by Crippen LogP contribution is 2.35. The monoisotopic (exact) mass is 378 g/mol. The predicted molar refractivity (Wildman–Crippen MR) is 91.6 cm³/mol. The highest BCUT2D eigenvalue weighted by molar-refractivity contribution is 7.89. The minimum absolute atomic E-state index is 0.0487. The van der Waals surface area contributed by atoms with Crippen LogP contribution in [0.4, 0.5) is 0 Å². The van der Waals surface area contributed by atoms with Crippen LogP contribution in [0.5, 0.6) is 11.5 Å². The van der Waals surface area contributed by atoms with Crippen LogP contribution in [0.1, 0.15) is 12.8 Å². The Morgan fingerprint density at radius 2 is 1.92 bits per heavy atom. The summed E-state index contributed by atoms with van der Waals surface area (Å²) in [6.45, 7) is 1.48. The number of rotatable bonds is 8. The standard InChI is InChI=1S/C15H23ClN2O5S/c1-21-10-15(5-4-6-17-15)9-18-24(19,20)14-8-13(23-3)12(22-2)7-11(14)16/h7-8,17-18H,4-6,9-10H2,1-3H3. The van der Waals surface area contributed by atoms with Crippen LogP contribution in [0.25, 0.3) is 0 Å². The van der Waals surface area contributed by atoms with Crippen LogP contribution in [0.15, 0.2) is 17.0 Å². The van der Waals surface area contributed by atoms with E-state index in [0.717, 1.165) is 19.4 Å². The Hall–Kier alpha value is -1.06. The van der Waals surface area contributed by atoms with Crippen LogP contribution < -0.4 is 19.5 Å². The van der Waals surface area contributed by atoms with Crippen molar-refractivity contribution < 1.29 is 22.6 Å². The first-order chi connectivity index (χ1) is 11.4. The summed E-state index contributed by atoms with van der Waals surface area (Å²) in [6, 6.07) is 2.78. The van der Waals surface area contributed by atoms with Gasteiger partial charge in [-0.1, -0.05) is 11.6 Å². The maximum atomic E-state index is 12.7. The highest BCUT2D eigenvalue weighted by atomic mass is 35.5. The highest BCUT2D eigenvalue weighted by Gasteiger charge is 2.35. The molecule has 0 aromatic heterocycles. The molecule has 1 aliphatic rings. The molecule has 0 radical (unpaired) electrons. The molecule has 2 N–H and O–H groups in total. The molecule has 9 heteroatoms. The molecule has 0 aliphatic carbocycles. The average molecular weight is 379 g/mol. The Balaban J connectivity index is 2.24. The molecule has 7 nitrogen and oxygen atoms in total. The number of methoxy groups -OCH3 is 3. The first kappa shape index (κ1) is 19.3. The summed E-state index contributed by atoms with van der Waals surface area (Å²) in [6.07, 6.45) is 1.81. The van der Waals surface area contributed by atoms with Gasteiger partial charge in [-0.05, 0) is 19.4 Å². The average Bonchev–Trinajstić information content (AvgIpc) is 3.02. The zero-order chi connectivity index (χ0) is 17.8. The van der Waals surface area contributed by atoms with E-state index in [4.69, 9.17) is 25.8 Å². The van der Waals surface area contributed by atoms with Gasteiger partial charge in [0.05, 0.1) is 31.4 Å². The molecule has 0 saturated carbocycles. The van der Waals surface area contributed by atoms with Gasteiger partial charge in [0.2, 0.25) is 10.0 Å². The fourth-order valence-corrected chi connectivity index (χ4v) is 4.48. The minimum atomic E-state index is -3.81. The van der Waals surface area contributed by atoms with Gasteiger partial charge in [0.25, 0.3) is 0 Å². The molecule has 136 valence electrons. The van der Waals surface area contributed by atoms with Crippen molar-refractivity contribution in [2.24, 2.45) is 0 Å². The first-order valence-corrected chi connectivity index (χ1v) is 9.39. The minimum Gasteiger partial charge on any atom is -0.493 e. The molecule has 1 aromatic rings. The number of sulfonamides is 1. The lowest BCUT2D eigenvalue weighted by Gasteiger charge is -2.29. The van der Waals surface area contributed by atoms with Crippen molar-refractivity contribution in [3.63, 3.8) is 0 Å². The van der Waals surface area contributed by atoms with E-state index in [9.17, 15) is 8.42 Å². The van der Waals surface area contributed by atoms with E-state index in [1.165, 1.54) is 26.4 Å². The van der Waals surface area contributed by atoms with Crippen LogP contribution in [-0.4, -0.2) is 55.0 Å². The molecule has 1 aromatic carbocycles. The van der Waals surface area contributed by atoms with E-state index in [1.54, 1.807) is 7.11 Å². The summed E-state index contributed by atoms with van der Waals surface area (Å²) in [5.74, 6) is 0.669. The van der Waals surface area contributed by atoms with Crippen molar-refractivity contribution in [2.45, 2.75) is 23.3 Å². The number of hydrogen-bond acceptors (Lipinski definition) is 6. The lowest BCUT2D eigenvalue weighted by atomic mass is 9.99. The largest absolute Gasteiger partial charge is 0.493 e. The van der Waals surface area contributed by atoms with Crippen molar-refractivity contribution in [3.05, 3.63) is 17.2 Å². The number of nitrogens with one attached hydrogen (secondary N) is 2. The van der Waals surface area contributed by atoms with Crippen molar-refractivity contribution >= 4 is 21.6 Å². The van der Waals surface area contributed by atoms with Crippen LogP contribution in [-0.2, 0) is 14.8 Å². The summed E-state index contributed by atoms with van der Waals surface area (Å²) in [5, 5.41) is 3.39. The third-order valence-electron chi connectivity index (χ3n) is 4.08. The van der Waals surface area contributed by atoms with E-state index in [0.29, 0.717) is 18.1 Å². The predicted octanol–water partition coefficient (Wildman–Crippen LogP) is 1.40. The van der Waals surface area contributed by atoms with Gasteiger partial charge in [-0.15, -0.1) is 0 Å². The van der Waals surface area contributed by atoms with E-state index in [-0.39, 0.29) is 16.5 Å². The Morgan fingerprint density at radius 1 is 1.25 bits per heavy atom. The van der Waals surface area contributed by atoms with Gasteiger partial charge in [0.1, 0.15) is 4.90 Å². The molecule has 0 bridgehead atoms. The fraction of sp³-hybridized carbons (Fsp3) is 0.600. The molecule has 2 rings (SSSR count). The smallest absolute Gasteiger partial charge is 0.242 e. The third-order valence-corrected chi connectivity index (χ3v) is 5.95. The molecular formula is C15H23ClN2O5S. The lowest BCUT2D eigenvalue weighted by Crippen LogP contribution is -2.52. The first-order valence-electron chi connectivity index (χ1n) is 7.52. The van der Waals surface area contributed by atoms with Gasteiger partial charge in [0, 0.05) is 25.8 Å². The second kappa shape index (κ2) is 7.88. The zero-order valence-corrected chi connectivity index (χ0v) is 15.6. The van der Waals surface area contributed by atoms with Crippen LogP contribution in [0.3, 0.4) is 0 Å². The summed E-state index contributed by atoms with van der Waals surface area (Å²) in [5.41, 5.74) is -0.398. The Morgan fingerprint density at radius 3 is 2.46 bits per heavy atom. The van der Waals surface area contributed by atoms with Crippen molar-refractivity contribution in [2.75, 3.05) is 41.0 Å². The second-order valence-electron chi connectivity index (χ2n) is 5.71. The molecule has 1 saturated heterocycles. The molecule has 1 aliphatic heterocycles. The summed E-state index contributed by atoms with van der Waals surface area (Å²) >= 11 is 6.12. The molecular weight excluding hydrogens is 356 g/mol. The molecule has 1 heterocycles. The molecule has 1 atom stereocenters. The molecule has 1 unspecified atom stereocenters. The van der Waals surface area contributed by atoms with Gasteiger partial charge >= 0.3 is 0 Å². The van der Waals surface area contributed by atoms with Gasteiger partial charge in [-0.3, -0.25) is 0 Å². The summed E-state index contributed by atoms with van der Waals surface area (Å²) in [7, 11) is 0.689. The number of hydrogen-bond donors (Lipinski definition) is 2. The van der Waals surface area contributed by atoms with Gasteiger partial charge in [-0.2, -0.15) is 0 Å². The normalized spacial score (nSPS) is 21.0.